The number of halogens is 5. The number of aromatic nitrogens is 2. The summed E-state index contributed by atoms with van der Waals surface area (Å²) in [5.41, 5.74) is 5.98. The van der Waals surface area contributed by atoms with Gasteiger partial charge < -0.3 is 25.2 Å². The van der Waals surface area contributed by atoms with Gasteiger partial charge >= 0.3 is 18.2 Å². The van der Waals surface area contributed by atoms with E-state index in [1.165, 1.54) is 29.2 Å². The summed E-state index contributed by atoms with van der Waals surface area (Å²) in [4.78, 5) is 36.2. The Morgan fingerprint density at radius 2 is 1.84 bits per heavy atom. The lowest BCUT2D eigenvalue weighted by Crippen LogP contribution is -2.43. The van der Waals surface area contributed by atoms with Gasteiger partial charge in [-0.2, -0.15) is 23.1 Å². The van der Waals surface area contributed by atoms with Gasteiger partial charge in [0.05, 0.1) is 0 Å². The van der Waals surface area contributed by atoms with Gasteiger partial charge in [0.2, 0.25) is 17.9 Å². The number of hydrogen-bond donors (Lipinski definition) is 2. The van der Waals surface area contributed by atoms with Gasteiger partial charge in [-0.15, -0.1) is 0 Å². The van der Waals surface area contributed by atoms with Gasteiger partial charge in [-0.25, -0.2) is 9.59 Å². The van der Waals surface area contributed by atoms with E-state index in [-0.39, 0.29) is 52.3 Å². The zero-order valence-electron chi connectivity index (χ0n) is 23.1. The number of anilines is 2. The van der Waals surface area contributed by atoms with Gasteiger partial charge in [-0.05, 0) is 42.4 Å². The number of alkyl halides is 3. The molecule has 2 atom stereocenters. The van der Waals surface area contributed by atoms with E-state index in [4.69, 9.17) is 26.8 Å². The van der Waals surface area contributed by atoms with Crippen molar-refractivity contribution in [3.8, 4) is 5.88 Å². The highest BCUT2D eigenvalue weighted by atomic mass is 79.9. The van der Waals surface area contributed by atoms with Crippen LogP contribution in [-0.2, 0) is 16.1 Å². The zero-order valence-corrected chi connectivity index (χ0v) is 25.5. The number of carbonyl (C=O) groups excluding carboxylic acids is 1. The molecule has 3 aromatic rings. The third kappa shape index (κ3) is 7.12. The number of nitrogen functional groups attached to an aromatic ring is 1. The predicted molar refractivity (Wildman–Crippen MR) is 158 cm³/mol. The second-order valence-corrected chi connectivity index (χ2v) is 12.1. The van der Waals surface area contributed by atoms with Crippen LogP contribution in [0.4, 0.5) is 29.7 Å². The van der Waals surface area contributed by atoms with E-state index in [2.05, 4.69) is 25.9 Å². The van der Waals surface area contributed by atoms with E-state index in [1.807, 2.05) is 23.1 Å². The Kier molecular flexibility index (Phi) is 9.12. The van der Waals surface area contributed by atoms with Crippen molar-refractivity contribution in [3.63, 3.8) is 0 Å². The molecule has 234 valence electrons. The molecule has 3 heterocycles. The predicted octanol–water partition coefficient (Wildman–Crippen LogP) is 6.24. The lowest BCUT2D eigenvalue weighted by atomic mass is 9.76. The van der Waals surface area contributed by atoms with E-state index in [0.717, 1.165) is 5.56 Å². The van der Waals surface area contributed by atoms with Crippen LogP contribution in [0, 0.1) is 5.41 Å². The highest BCUT2D eigenvalue weighted by Crippen LogP contribution is 2.45. The number of amides is 1. The van der Waals surface area contributed by atoms with Crippen molar-refractivity contribution in [2.24, 2.45) is 5.41 Å². The summed E-state index contributed by atoms with van der Waals surface area (Å²) in [5.74, 6) is -1.48. The maximum Gasteiger partial charge on any atom is 0.429 e. The minimum absolute atomic E-state index is 0.0208. The summed E-state index contributed by atoms with van der Waals surface area (Å²) >= 11 is 9.02. The molecule has 2 fully saturated rings. The highest BCUT2D eigenvalue weighted by Gasteiger charge is 2.51. The molecule has 44 heavy (non-hydrogen) atoms. The molecule has 0 saturated carbocycles. The van der Waals surface area contributed by atoms with Crippen LogP contribution in [0.2, 0.25) is 5.02 Å². The molecule has 2 aliphatic rings. The minimum Gasteiger partial charge on any atom is -0.480 e. The number of rotatable bonds is 7. The number of nitrogens with two attached hydrogens (primary N) is 1. The lowest BCUT2D eigenvalue weighted by Gasteiger charge is -2.39. The highest BCUT2D eigenvalue weighted by molar-refractivity contribution is 9.10. The van der Waals surface area contributed by atoms with Crippen LogP contribution in [0.3, 0.4) is 0 Å². The van der Waals surface area contributed by atoms with Crippen molar-refractivity contribution in [2.75, 3.05) is 30.3 Å². The first kappa shape index (κ1) is 31.6. The van der Waals surface area contributed by atoms with Gasteiger partial charge in [0.15, 0.2) is 0 Å². The second kappa shape index (κ2) is 12.7. The number of carboxylic acid groups (broad SMARTS) is 1. The number of benzene rings is 2. The first-order valence-corrected chi connectivity index (χ1v) is 14.8. The molecule has 1 spiro atoms. The van der Waals surface area contributed by atoms with Crippen molar-refractivity contribution in [2.45, 2.75) is 44.2 Å². The molecule has 1 amide bonds. The lowest BCUT2D eigenvalue weighted by molar-refractivity contribution is -0.198. The average molecular weight is 699 g/mol. The van der Waals surface area contributed by atoms with E-state index in [9.17, 15) is 27.9 Å². The van der Waals surface area contributed by atoms with Crippen LogP contribution in [0.25, 0.3) is 0 Å². The Bertz CT molecular complexity index is 1520. The van der Waals surface area contributed by atoms with Crippen LogP contribution >= 0.6 is 27.5 Å². The third-order valence-electron chi connectivity index (χ3n) is 7.87. The summed E-state index contributed by atoms with van der Waals surface area (Å²) < 4.78 is 53.1. The molecule has 10 nitrogen and oxygen atoms in total. The van der Waals surface area contributed by atoms with Crippen LogP contribution < -0.4 is 15.4 Å². The number of nitrogens with zero attached hydrogens (tertiary/aromatic N) is 4. The Morgan fingerprint density at radius 3 is 2.48 bits per heavy atom. The van der Waals surface area contributed by atoms with Gasteiger partial charge in [0, 0.05) is 40.8 Å². The van der Waals surface area contributed by atoms with Crippen LogP contribution in [0.5, 0.6) is 5.88 Å². The topological polar surface area (TPSA) is 131 Å². The van der Waals surface area contributed by atoms with E-state index >= 15 is 0 Å². The molecule has 5 rings (SSSR count). The fourth-order valence-electron chi connectivity index (χ4n) is 5.64. The fraction of sp³-hybridized carbons (Fsp3) is 0.379. The van der Waals surface area contributed by atoms with Crippen molar-refractivity contribution in [1.82, 2.24) is 14.9 Å². The Labute approximate surface area is 264 Å². The Balaban J connectivity index is 1.28. The standard InChI is InChI=1S/C29H28BrClF3N5O5/c30-20-12-18(31)6-7-19(20)24(29(32,33)34)44-23-13-22(36-26(35)37-23)38-10-8-28(9-11-38)14-21(25(40)41)39(16-28)27(42)43-15-17-4-2-1-3-5-17/h1-7,12-13,21,24H,8-11,14-16H2,(H,40,41)(H2,35,36,37)/t21-,24+/m0/s1. The van der Waals surface area contributed by atoms with Gasteiger partial charge in [0.25, 0.3) is 0 Å². The van der Waals surface area contributed by atoms with Crippen LogP contribution in [-0.4, -0.2) is 63.9 Å². The average Bonchev–Trinajstić information content (AvgIpc) is 3.34. The van der Waals surface area contributed by atoms with Gasteiger partial charge in [0.1, 0.15) is 18.5 Å². The van der Waals surface area contributed by atoms with Crippen molar-refractivity contribution in [3.05, 3.63) is 75.2 Å². The van der Waals surface area contributed by atoms with Gasteiger partial charge in [-0.1, -0.05) is 63.9 Å². The Morgan fingerprint density at radius 1 is 1.14 bits per heavy atom. The second-order valence-electron chi connectivity index (χ2n) is 10.8. The summed E-state index contributed by atoms with van der Waals surface area (Å²) in [5, 5.41) is 10.1. The van der Waals surface area contributed by atoms with Crippen molar-refractivity contribution >= 4 is 51.4 Å². The van der Waals surface area contributed by atoms with E-state index in [0.29, 0.717) is 25.9 Å². The molecule has 2 saturated heterocycles. The van der Waals surface area contributed by atoms with Crippen molar-refractivity contribution < 1.29 is 37.3 Å². The number of piperidine rings is 1. The minimum atomic E-state index is -4.79. The summed E-state index contributed by atoms with van der Waals surface area (Å²) in [6.45, 7) is 1.00. The first-order chi connectivity index (χ1) is 20.8. The van der Waals surface area contributed by atoms with E-state index in [1.54, 1.807) is 12.1 Å². The zero-order chi connectivity index (χ0) is 31.6. The van der Waals surface area contributed by atoms with E-state index < -0.39 is 35.8 Å². The summed E-state index contributed by atoms with van der Waals surface area (Å²) in [6.07, 6.45) is -6.59. The molecular weight excluding hydrogens is 671 g/mol. The fourth-order valence-corrected chi connectivity index (χ4v) is 6.53. The molecule has 2 aromatic carbocycles. The SMILES string of the molecule is Nc1nc(O[C@H](c2ccc(Cl)cc2Br)C(F)(F)F)cc(N2CCC3(CC2)C[C@@H](C(=O)O)N(C(=O)OCc2ccccc2)C3)n1. The first-order valence-electron chi connectivity index (χ1n) is 13.6. The van der Waals surface area contributed by atoms with Crippen LogP contribution in [0.15, 0.2) is 59.1 Å². The maximum absolute atomic E-state index is 14.1. The molecule has 3 N–H and O–H groups in total. The molecule has 0 unspecified atom stereocenters. The van der Waals surface area contributed by atoms with Gasteiger partial charge in [-0.3, -0.25) is 4.90 Å². The number of carboxylic acids is 1. The number of ether oxygens (including phenoxy) is 2. The third-order valence-corrected chi connectivity index (χ3v) is 8.79. The molecule has 2 aliphatic heterocycles. The summed E-state index contributed by atoms with van der Waals surface area (Å²) in [7, 11) is 0. The molecule has 1 aromatic heterocycles. The monoisotopic (exact) mass is 697 g/mol. The number of carbonyl (C=O) groups is 2. The largest absolute Gasteiger partial charge is 0.480 e. The number of aliphatic carboxylic acids is 1. The molecular formula is C29H28BrClF3N5O5. The summed E-state index contributed by atoms with van der Waals surface area (Å²) in [6, 6.07) is 13.2. The smallest absolute Gasteiger partial charge is 0.429 e. The molecule has 0 radical (unpaired) electrons. The number of hydrogen-bond acceptors (Lipinski definition) is 8. The molecule has 0 aliphatic carbocycles. The van der Waals surface area contributed by atoms with Crippen LogP contribution in [0.1, 0.15) is 36.5 Å². The molecule has 0 bridgehead atoms. The number of likely N-dealkylation sites (tertiary alicyclic amines) is 1. The maximum atomic E-state index is 14.1. The van der Waals surface area contributed by atoms with Crippen molar-refractivity contribution in [1.29, 1.82) is 0 Å². The Hall–Kier alpha value is -3.78. The molecule has 15 heteroatoms. The quantitative estimate of drug-likeness (QED) is 0.295. The normalized spacial score (nSPS) is 18.7.